The summed E-state index contributed by atoms with van der Waals surface area (Å²) < 4.78 is 14.4. The van der Waals surface area contributed by atoms with Gasteiger partial charge in [0.15, 0.2) is 0 Å². The molecule has 2 aliphatic rings. The first kappa shape index (κ1) is 24.3. The third-order valence-electron chi connectivity index (χ3n) is 7.22. The number of nitrogens with zero attached hydrogens (tertiary/aromatic N) is 3. The normalized spacial score (nSPS) is 17.5. The van der Waals surface area contributed by atoms with Gasteiger partial charge in [0.1, 0.15) is 5.82 Å². The summed E-state index contributed by atoms with van der Waals surface area (Å²) in [6, 6.07) is 17.3. The van der Waals surface area contributed by atoms with E-state index in [2.05, 4.69) is 53.4 Å². The van der Waals surface area contributed by atoms with E-state index in [4.69, 9.17) is 0 Å². The smallest absolute Gasteiger partial charge is 0.229 e. The summed E-state index contributed by atoms with van der Waals surface area (Å²) in [6.45, 7) is 6.91. The molecule has 2 aromatic carbocycles. The summed E-state index contributed by atoms with van der Waals surface area (Å²) in [5.41, 5.74) is 7.06. The maximum atomic E-state index is 14.4. The van der Waals surface area contributed by atoms with Gasteiger partial charge in [0.05, 0.1) is 5.92 Å². The zero-order valence-electron chi connectivity index (χ0n) is 20.9. The van der Waals surface area contributed by atoms with Crippen molar-refractivity contribution in [3.63, 3.8) is 0 Å². The van der Waals surface area contributed by atoms with Crippen molar-refractivity contribution < 1.29 is 9.18 Å². The van der Waals surface area contributed by atoms with Crippen LogP contribution in [0, 0.1) is 11.7 Å². The van der Waals surface area contributed by atoms with E-state index in [1.165, 1.54) is 11.0 Å². The van der Waals surface area contributed by atoms with Crippen LogP contribution >= 0.6 is 11.8 Å². The van der Waals surface area contributed by atoms with Crippen LogP contribution in [0.1, 0.15) is 30.5 Å². The molecule has 1 aliphatic heterocycles. The lowest BCUT2D eigenvalue weighted by Crippen LogP contribution is -2.50. The van der Waals surface area contributed by atoms with Crippen LogP contribution in [-0.2, 0) is 4.79 Å². The van der Waals surface area contributed by atoms with Gasteiger partial charge in [-0.1, -0.05) is 18.2 Å². The maximum Gasteiger partial charge on any atom is 0.229 e. The molecule has 2 heterocycles. The van der Waals surface area contributed by atoms with E-state index in [1.54, 1.807) is 30.2 Å². The van der Waals surface area contributed by atoms with Crippen molar-refractivity contribution in [2.24, 2.45) is 5.92 Å². The topological polar surface area (TPSA) is 36.4 Å². The lowest BCUT2D eigenvalue weighted by Gasteiger charge is -2.37. The number of fused-ring (bicyclic) bond motifs is 1. The number of allylic oxidation sites excluding steroid dienone is 2. The fourth-order valence-electron chi connectivity index (χ4n) is 5.27. The summed E-state index contributed by atoms with van der Waals surface area (Å²) >= 11 is 1.71. The van der Waals surface area contributed by atoms with Crippen LogP contribution in [0.5, 0.6) is 0 Å². The molecule has 1 atom stereocenters. The number of aromatic nitrogens is 1. The summed E-state index contributed by atoms with van der Waals surface area (Å²) in [7, 11) is 0. The number of carbonyl (C=O) groups excluding carboxylic acids is 1. The number of halogens is 1. The van der Waals surface area contributed by atoms with E-state index in [0.717, 1.165) is 52.2 Å². The highest BCUT2D eigenvalue weighted by Crippen LogP contribution is 2.46. The molecule has 0 N–H and O–H groups in total. The summed E-state index contributed by atoms with van der Waals surface area (Å²) in [4.78, 5) is 23.2. The zero-order valence-corrected chi connectivity index (χ0v) is 21.7. The lowest BCUT2D eigenvalue weighted by atomic mass is 9.92. The molecule has 4 nitrogen and oxygen atoms in total. The minimum Gasteiger partial charge on any atom is -0.368 e. The Kier molecular flexibility index (Phi) is 6.97. The largest absolute Gasteiger partial charge is 0.368 e. The van der Waals surface area contributed by atoms with Gasteiger partial charge in [-0.2, -0.15) is 0 Å². The molecule has 36 heavy (non-hydrogen) atoms. The molecule has 184 valence electrons. The summed E-state index contributed by atoms with van der Waals surface area (Å²) in [5, 5.41) is 0. The van der Waals surface area contributed by atoms with Gasteiger partial charge in [0.25, 0.3) is 0 Å². The first-order valence-electron chi connectivity index (χ1n) is 12.3. The zero-order chi connectivity index (χ0) is 25.2. The molecule has 0 spiro atoms. The number of hydrogen-bond donors (Lipinski definition) is 0. The molecule has 1 aliphatic carbocycles. The van der Waals surface area contributed by atoms with Crippen LogP contribution in [0.4, 0.5) is 10.1 Å². The fourth-order valence-corrected chi connectivity index (χ4v) is 5.68. The molecule has 1 aromatic heterocycles. The van der Waals surface area contributed by atoms with Crippen LogP contribution in [0.15, 0.2) is 77.5 Å². The van der Waals surface area contributed by atoms with Crippen molar-refractivity contribution in [1.82, 2.24) is 9.88 Å². The van der Waals surface area contributed by atoms with Crippen molar-refractivity contribution in [3.8, 4) is 0 Å². The summed E-state index contributed by atoms with van der Waals surface area (Å²) in [6.07, 6.45) is 7.80. The highest BCUT2D eigenvalue weighted by Gasteiger charge is 2.33. The third kappa shape index (κ3) is 4.70. The molecule has 6 heteroatoms. The molecule has 1 unspecified atom stereocenters. The molecule has 1 amide bonds. The molecule has 1 fully saturated rings. The number of anilines is 1. The van der Waals surface area contributed by atoms with Crippen LogP contribution in [0.3, 0.4) is 0 Å². The maximum absolute atomic E-state index is 14.4. The van der Waals surface area contributed by atoms with Crippen LogP contribution in [0.2, 0.25) is 0 Å². The minimum atomic E-state index is -0.359. The van der Waals surface area contributed by atoms with Gasteiger partial charge in [-0.3, -0.25) is 9.78 Å². The first-order valence-corrected chi connectivity index (χ1v) is 13.5. The number of amides is 1. The molecular formula is C30H30FN3OS. The second-order valence-corrected chi connectivity index (χ2v) is 10.2. The number of rotatable bonds is 5. The van der Waals surface area contributed by atoms with E-state index in [9.17, 15) is 9.18 Å². The average Bonchev–Trinajstić information content (AvgIpc) is 3.18. The average molecular weight is 500 g/mol. The van der Waals surface area contributed by atoms with Crippen molar-refractivity contribution in [1.29, 1.82) is 0 Å². The number of pyridine rings is 1. The minimum absolute atomic E-state index is 0.0968. The van der Waals surface area contributed by atoms with Crippen LogP contribution < -0.4 is 4.90 Å². The van der Waals surface area contributed by atoms with Crippen molar-refractivity contribution in [3.05, 3.63) is 95.1 Å². The van der Waals surface area contributed by atoms with Crippen molar-refractivity contribution >= 4 is 40.6 Å². The highest BCUT2D eigenvalue weighted by atomic mass is 32.2. The lowest BCUT2D eigenvalue weighted by molar-refractivity contribution is -0.133. The quantitative estimate of drug-likeness (QED) is 0.389. The van der Waals surface area contributed by atoms with E-state index in [1.807, 2.05) is 30.0 Å². The molecule has 5 rings (SSSR count). The second-order valence-electron chi connectivity index (χ2n) is 9.30. The van der Waals surface area contributed by atoms with Gasteiger partial charge >= 0.3 is 0 Å². The predicted molar refractivity (Wildman–Crippen MR) is 147 cm³/mol. The molecular weight excluding hydrogens is 469 g/mol. The fraction of sp³-hybridized carbons (Fsp3) is 0.267. The Labute approximate surface area is 216 Å². The number of thioether (sulfide) groups is 1. The molecule has 3 aromatic rings. The Morgan fingerprint density at radius 1 is 1.00 bits per heavy atom. The third-order valence-corrected chi connectivity index (χ3v) is 7.96. The number of carbonyl (C=O) groups is 1. The highest BCUT2D eigenvalue weighted by molar-refractivity contribution is 7.98. The van der Waals surface area contributed by atoms with Gasteiger partial charge < -0.3 is 9.80 Å². The first-order chi connectivity index (χ1) is 17.5. The Hall–Kier alpha value is -3.38. The SMILES string of the molecule is CSc1ccc(/C=C2/C(C)=C(C(C)C(=O)N3CCN(c4ccncc4)CC3)c3cc(F)ccc32)cc1. The van der Waals surface area contributed by atoms with E-state index in [-0.39, 0.29) is 17.6 Å². The van der Waals surface area contributed by atoms with Crippen molar-refractivity contribution in [2.45, 2.75) is 18.7 Å². The van der Waals surface area contributed by atoms with Crippen LogP contribution in [-0.4, -0.2) is 48.2 Å². The Bertz CT molecular complexity index is 1330. The number of benzene rings is 2. The molecule has 1 saturated heterocycles. The van der Waals surface area contributed by atoms with Crippen molar-refractivity contribution in [2.75, 3.05) is 37.3 Å². The standard InChI is InChI=1S/C30H30FN3OS/c1-20-27(18-22-4-7-25(36-3)8-5-22)26-9-6-23(31)19-28(26)29(20)21(2)30(35)34-16-14-33(15-17-34)24-10-12-32-13-11-24/h4-13,18-19,21H,14-17H2,1-3H3/b27-18-. The molecule has 0 radical (unpaired) electrons. The second kappa shape index (κ2) is 10.3. The number of hydrogen-bond acceptors (Lipinski definition) is 4. The number of piperazine rings is 1. The van der Waals surface area contributed by atoms with E-state index < -0.39 is 0 Å². The Balaban J connectivity index is 1.41. The molecule has 0 saturated carbocycles. The van der Waals surface area contributed by atoms with Gasteiger partial charge in [0, 0.05) is 49.2 Å². The Morgan fingerprint density at radius 2 is 1.69 bits per heavy atom. The van der Waals surface area contributed by atoms with Gasteiger partial charge in [-0.25, -0.2) is 4.39 Å². The monoisotopic (exact) mass is 499 g/mol. The van der Waals surface area contributed by atoms with E-state index >= 15 is 0 Å². The van der Waals surface area contributed by atoms with Gasteiger partial charge in [0.2, 0.25) is 5.91 Å². The predicted octanol–water partition coefficient (Wildman–Crippen LogP) is 6.26. The van der Waals surface area contributed by atoms with Gasteiger partial charge in [-0.05, 0) is 96.0 Å². The molecule has 0 bridgehead atoms. The van der Waals surface area contributed by atoms with Crippen LogP contribution in [0.25, 0.3) is 17.2 Å². The summed E-state index contributed by atoms with van der Waals surface area (Å²) in [5.74, 6) is -0.544. The van der Waals surface area contributed by atoms with E-state index in [0.29, 0.717) is 13.1 Å². The van der Waals surface area contributed by atoms with Gasteiger partial charge in [-0.15, -0.1) is 11.8 Å². The Morgan fingerprint density at radius 3 is 2.36 bits per heavy atom.